The zero-order valence-electron chi connectivity index (χ0n) is 16.8. The van der Waals surface area contributed by atoms with E-state index in [0.29, 0.717) is 17.5 Å². The van der Waals surface area contributed by atoms with Crippen molar-refractivity contribution in [3.05, 3.63) is 64.0 Å². The SMILES string of the molecule is COc1ccc(-c2nc(CSCc3c(C)cc(C)c(C(C)=O)c3C)no2)cc1. The number of aromatic nitrogens is 2. The molecule has 0 spiro atoms. The second kappa shape index (κ2) is 8.61. The van der Waals surface area contributed by atoms with Crippen LogP contribution in [0, 0.1) is 20.8 Å². The number of hydrogen-bond acceptors (Lipinski definition) is 6. The zero-order chi connectivity index (χ0) is 20.3. The minimum Gasteiger partial charge on any atom is -0.497 e. The lowest BCUT2D eigenvalue weighted by Crippen LogP contribution is -2.05. The largest absolute Gasteiger partial charge is 0.497 e. The number of methoxy groups -OCH3 is 1. The summed E-state index contributed by atoms with van der Waals surface area (Å²) < 4.78 is 10.5. The Balaban J connectivity index is 1.68. The Morgan fingerprint density at radius 3 is 2.46 bits per heavy atom. The lowest BCUT2D eigenvalue weighted by atomic mass is 9.92. The van der Waals surface area contributed by atoms with Crippen molar-refractivity contribution in [1.82, 2.24) is 10.1 Å². The fraction of sp³-hybridized carbons (Fsp3) is 0.318. The molecule has 28 heavy (non-hydrogen) atoms. The molecule has 0 unspecified atom stereocenters. The van der Waals surface area contributed by atoms with Gasteiger partial charge in [0.25, 0.3) is 5.89 Å². The maximum Gasteiger partial charge on any atom is 0.257 e. The molecule has 146 valence electrons. The molecule has 0 radical (unpaired) electrons. The Morgan fingerprint density at radius 1 is 1.11 bits per heavy atom. The van der Waals surface area contributed by atoms with Gasteiger partial charge in [0.1, 0.15) is 5.75 Å². The molecule has 0 saturated heterocycles. The number of rotatable bonds is 7. The van der Waals surface area contributed by atoms with Crippen LogP contribution in [0.25, 0.3) is 11.5 Å². The third kappa shape index (κ3) is 4.28. The molecular formula is C22H24N2O3S. The first-order valence-electron chi connectivity index (χ1n) is 9.06. The molecule has 0 saturated carbocycles. The van der Waals surface area contributed by atoms with E-state index in [1.54, 1.807) is 25.8 Å². The van der Waals surface area contributed by atoms with Crippen LogP contribution in [-0.2, 0) is 11.5 Å². The average Bonchev–Trinajstić information content (AvgIpc) is 3.12. The van der Waals surface area contributed by atoms with Crippen LogP contribution in [0.5, 0.6) is 5.75 Å². The molecule has 5 nitrogen and oxygen atoms in total. The van der Waals surface area contributed by atoms with Gasteiger partial charge in [0.2, 0.25) is 0 Å². The highest BCUT2D eigenvalue weighted by atomic mass is 32.2. The third-order valence-electron chi connectivity index (χ3n) is 4.77. The quantitative estimate of drug-likeness (QED) is 0.505. The molecule has 3 aromatic rings. The van der Waals surface area contributed by atoms with Crippen molar-refractivity contribution in [1.29, 1.82) is 0 Å². The predicted molar refractivity (Wildman–Crippen MR) is 112 cm³/mol. The van der Waals surface area contributed by atoms with Gasteiger partial charge in [0.05, 0.1) is 12.9 Å². The van der Waals surface area contributed by atoms with E-state index < -0.39 is 0 Å². The van der Waals surface area contributed by atoms with Gasteiger partial charge in [-0.3, -0.25) is 4.79 Å². The topological polar surface area (TPSA) is 65.2 Å². The van der Waals surface area contributed by atoms with Gasteiger partial charge in [-0.05, 0) is 74.2 Å². The molecule has 1 aromatic heterocycles. The van der Waals surface area contributed by atoms with Crippen molar-refractivity contribution in [2.45, 2.75) is 39.2 Å². The normalized spacial score (nSPS) is 10.9. The lowest BCUT2D eigenvalue weighted by molar-refractivity contribution is 0.101. The van der Waals surface area contributed by atoms with Crippen LogP contribution in [0.2, 0.25) is 0 Å². The highest BCUT2D eigenvalue weighted by molar-refractivity contribution is 7.97. The van der Waals surface area contributed by atoms with Crippen molar-refractivity contribution >= 4 is 17.5 Å². The van der Waals surface area contributed by atoms with Crippen molar-refractivity contribution in [3.63, 3.8) is 0 Å². The van der Waals surface area contributed by atoms with E-state index in [4.69, 9.17) is 9.26 Å². The Morgan fingerprint density at radius 2 is 1.82 bits per heavy atom. The average molecular weight is 397 g/mol. The summed E-state index contributed by atoms with van der Waals surface area (Å²) in [6.07, 6.45) is 0. The Hall–Kier alpha value is -2.60. The van der Waals surface area contributed by atoms with Crippen LogP contribution in [0.15, 0.2) is 34.9 Å². The number of nitrogens with zero attached hydrogens (tertiary/aromatic N) is 2. The molecule has 0 amide bonds. The van der Waals surface area contributed by atoms with E-state index in [2.05, 4.69) is 23.1 Å². The summed E-state index contributed by atoms with van der Waals surface area (Å²) in [5.41, 5.74) is 6.23. The van der Waals surface area contributed by atoms with Gasteiger partial charge >= 0.3 is 0 Å². The van der Waals surface area contributed by atoms with Crippen LogP contribution in [0.4, 0.5) is 0 Å². The summed E-state index contributed by atoms with van der Waals surface area (Å²) in [4.78, 5) is 16.5. The molecular weight excluding hydrogens is 372 g/mol. The minimum atomic E-state index is 0.114. The zero-order valence-corrected chi connectivity index (χ0v) is 17.6. The fourth-order valence-electron chi connectivity index (χ4n) is 3.40. The Bertz CT molecular complexity index is 994. The van der Waals surface area contributed by atoms with E-state index in [-0.39, 0.29) is 5.78 Å². The summed E-state index contributed by atoms with van der Waals surface area (Å²) in [5, 5.41) is 4.08. The van der Waals surface area contributed by atoms with Crippen molar-refractivity contribution < 1.29 is 14.1 Å². The second-order valence-electron chi connectivity index (χ2n) is 6.78. The molecule has 0 fully saturated rings. The molecule has 0 N–H and O–H groups in total. The number of hydrogen-bond donors (Lipinski definition) is 0. The van der Waals surface area contributed by atoms with Crippen LogP contribution in [-0.4, -0.2) is 23.0 Å². The Kier molecular flexibility index (Phi) is 6.19. The minimum absolute atomic E-state index is 0.114. The highest BCUT2D eigenvalue weighted by Gasteiger charge is 2.15. The summed E-state index contributed by atoms with van der Waals surface area (Å²) in [6, 6.07) is 9.61. The third-order valence-corrected chi connectivity index (χ3v) is 5.72. The van der Waals surface area contributed by atoms with E-state index in [1.165, 1.54) is 11.1 Å². The number of benzene rings is 2. The van der Waals surface area contributed by atoms with Gasteiger partial charge in [0.15, 0.2) is 11.6 Å². The van der Waals surface area contributed by atoms with Gasteiger partial charge in [-0.2, -0.15) is 4.98 Å². The summed E-state index contributed by atoms with van der Waals surface area (Å²) >= 11 is 1.71. The second-order valence-corrected chi connectivity index (χ2v) is 7.77. The van der Waals surface area contributed by atoms with Crippen molar-refractivity contribution in [3.8, 4) is 17.2 Å². The van der Waals surface area contributed by atoms with Gasteiger partial charge in [-0.25, -0.2) is 0 Å². The Labute approximate surface area is 169 Å². The van der Waals surface area contributed by atoms with Crippen LogP contribution >= 0.6 is 11.8 Å². The summed E-state index contributed by atoms with van der Waals surface area (Å²) in [6.45, 7) is 7.74. The number of ether oxygens (including phenoxy) is 1. The molecule has 1 heterocycles. The maximum atomic E-state index is 12.0. The first-order chi connectivity index (χ1) is 13.4. The van der Waals surface area contributed by atoms with Crippen molar-refractivity contribution in [2.24, 2.45) is 0 Å². The molecule has 3 rings (SSSR count). The molecule has 0 aliphatic carbocycles. The molecule has 6 heteroatoms. The summed E-state index contributed by atoms with van der Waals surface area (Å²) in [5.74, 6) is 3.49. The van der Waals surface area contributed by atoms with Gasteiger partial charge < -0.3 is 9.26 Å². The number of aryl methyl sites for hydroxylation is 2. The van der Waals surface area contributed by atoms with E-state index in [0.717, 1.165) is 33.8 Å². The molecule has 0 aliphatic heterocycles. The van der Waals surface area contributed by atoms with Crippen molar-refractivity contribution in [2.75, 3.05) is 7.11 Å². The number of carbonyl (C=O) groups excluding carboxylic acids is 1. The fourth-order valence-corrected chi connectivity index (χ4v) is 4.45. The van der Waals surface area contributed by atoms with Crippen LogP contribution in [0.1, 0.15) is 45.4 Å². The predicted octanol–water partition coefficient (Wildman–Crippen LogP) is 5.31. The molecule has 2 aromatic carbocycles. The number of thioether (sulfide) groups is 1. The highest BCUT2D eigenvalue weighted by Crippen LogP contribution is 2.28. The number of carbonyl (C=O) groups is 1. The number of Topliss-reactive ketones (excluding diaryl/α,β-unsaturated/α-hetero) is 1. The summed E-state index contributed by atoms with van der Waals surface area (Å²) in [7, 11) is 1.63. The molecule has 0 aliphatic rings. The van der Waals surface area contributed by atoms with Crippen LogP contribution < -0.4 is 4.74 Å². The van der Waals surface area contributed by atoms with Gasteiger partial charge in [-0.15, -0.1) is 11.8 Å². The standard InChI is InChI=1S/C22H24N2O3S/c1-13-10-14(2)21(16(4)25)15(3)19(13)11-28-12-20-23-22(27-24-20)17-6-8-18(26-5)9-7-17/h6-10H,11-12H2,1-5H3. The first kappa shape index (κ1) is 20.1. The lowest BCUT2D eigenvalue weighted by Gasteiger charge is -2.15. The monoisotopic (exact) mass is 396 g/mol. The van der Waals surface area contributed by atoms with Gasteiger partial charge in [-0.1, -0.05) is 11.2 Å². The van der Waals surface area contributed by atoms with E-state index >= 15 is 0 Å². The maximum absolute atomic E-state index is 12.0. The van der Waals surface area contributed by atoms with E-state index in [9.17, 15) is 4.79 Å². The first-order valence-corrected chi connectivity index (χ1v) is 10.2. The van der Waals surface area contributed by atoms with Gasteiger partial charge in [0, 0.05) is 16.9 Å². The van der Waals surface area contributed by atoms with E-state index in [1.807, 2.05) is 38.1 Å². The number of ketones is 1. The van der Waals surface area contributed by atoms with Crippen LogP contribution in [0.3, 0.4) is 0 Å². The smallest absolute Gasteiger partial charge is 0.257 e. The molecule has 0 bridgehead atoms. The molecule has 0 atom stereocenters.